The molecule has 0 bridgehead atoms. The molecule has 0 fully saturated rings. The van der Waals surface area contributed by atoms with Crippen molar-refractivity contribution in [3.05, 3.63) is 81.2 Å². The fourth-order valence-electron chi connectivity index (χ4n) is 5.12. The minimum absolute atomic E-state index is 0.0936. The molecule has 6 nitrogen and oxygen atoms in total. The highest BCUT2D eigenvalue weighted by molar-refractivity contribution is 6.31. The van der Waals surface area contributed by atoms with E-state index in [1.165, 1.54) is 0 Å². The van der Waals surface area contributed by atoms with E-state index >= 15 is 0 Å². The Hall–Kier alpha value is -3.38. The van der Waals surface area contributed by atoms with Gasteiger partial charge in [-0.25, -0.2) is 0 Å². The van der Waals surface area contributed by atoms with Crippen LogP contribution in [0.3, 0.4) is 0 Å². The number of hydrogen-bond donors (Lipinski definition) is 2. The third-order valence-electron chi connectivity index (χ3n) is 6.81. The smallest absolute Gasteiger partial charge is 0.262 e. The van der Waals surface area contributed by atoms with Gasteiger partial charge in [0.25, 0.3) is 5.91 Å². The molecule has 1 amide bonds. The summed E-state index contributed by atoms with van der Waals surface area (Å²) in [4.78, 5) is 38.4. The molecule has 7 heteroatoms. The van der Waals surface area contributed by atoms with Gasteiger partial charge in [0.05, 0.1) is 0 Å². The second-order valence-corrected chi connectivity index (χ2v) is 9.68. The summed E-state index contributed by atoms with van der Waals surface area (Å²) in [6.45, 7) is 1.72. The molecule has 2 N–H and O–H groups in total. The van der Waals surface area contributed by atoms with E-state index in [4.69, 9.17) is 16.3 Å². The SMILES string of the molecule is Cc1ccc(NC(=O)COc2cccc(C3C4=C(CCCC4=O)NC4=C3C(=O)CCC4)c2)cc1Cl. The van der Waals surface area contributed by atoms with Crippen LogP contribution in [0.5, 0.6) is 5.75 Å². The number of Topliss-reactive ketones (excluding diaryl/α,β-unsaturated/α-hetero) is 2. The number of aryl methyl sites for hydroxylation is 1. The Kier molecular flexibility index (Phi) is 6.48. The van der Waals surface area contributed by atoms with Gasteiger partial charge in [-0.15, -0.1) is 0 Å². The Balaban J connectivity index is 1.38. The number of carbonyl (C=O) groups excluding carboxylic acids is 3. The van der Waals surface area contributed by atoms with Crippen LogP contribution in [0.15, 0.2) is 65.0 Å². The molecule has 0 radical (unpaired) electrons. The molecule has 0 unspecified atom stereocenters. The van der Waals surface area contributed by atoms with Crippen molar-refractivity contribution >= 4 is 34.8 Å². The summed E-state index contributed by atoms with van der Waals surface area (Å²) in [5.41, 5.74) is 5.67. The minimum atomic E-state index is -0.395. The van der Waals surface area contributed by atoms with Crippen molar-refractivity contribution in [2.75, 3.05) is 11.9 Å². The van der Waals surface area contributed by atoms with Crippen LogP contribution in [0, 0.1) is 6.92 Å². The van der Waals surface area contributed by atoms with Gasteiger partial charge >= 0.3 is 0 Å². The summed E-state index contributed by atoms with van der Waals surface area (Å²) >= 11 is 6.14. The average Bonchev–Trinajstić information content (AvgIpc) is 2.84. The fraction of sp³-hybridized carbons (Fsp3) is 0.321. The molecule has 0 saturated heterocycles. The lowest BCUT2D eigenvalue weighted by molar-refractivity contribution is -0.118. The Morgan fingerprint density at radius 3 is 2.34 bits per heavy atom. The monoisotopic (exact) mass is 490 g/mol. The Labute approximate surface area is 209 Å². The van der Waals surface area contributed by atoms with Gasteiger partial charge in [-0.2, -0.15) is 0 Å². The molecule has 2 aliphatic carbocycles. The van der Waals surface area contributed by atoms with E-state index in [1.807, 2.05) is 31.2 Å². The fourth-order valence-corrected chi connectivity index (χ4v) is 5.30. The van der Waals surface area contributed by atoms with Crippen LogP contribution in [0.1, 0.15) is 55.6 Å². The van der Waals surface area contributed by atoms with Gasteiger partial charge in [-0.1, -0.05) is 29.8 Å². The van der Waals surface area contributed by atoms with Crippen LogP contribution in [-0.4, -0.2) is 24.1 Å². The highest BCUT2D eigenvalue weighted by atomic mass is 35.5. The summed E-state index contributed by atoms with van der Waals surface area (Å²) in [5, 5.41) is 6.79. The maximum Gasteiger partial charge on any atom is 0.262 e. The average molecular weight is 491 g/mol. The molecular weight excluding hydrogens is 464 g/mol. The van der Waals surface area contributed by atoms with Gasteiger partial charge in [0.15, 0.2) is 18.2 Å². The van der Waals surface area contributed by atoms with Crippen molar-refractivity contribution in [2.24, 2.45) is 0 Å². The zero-order chi connectivity index (χ0) is 24.5. The van der Waals surface area contributed by atoms with Crippen LogP contribution >= 0.6 is 11.6 Å². The van der Waals surface area contributed by atoms with Gasteiger partial charge in [-0.05, 0) is 68.0 Å². The van der Waals surface area contributed by atoms with Gasteiger partial charge < -0.3 is 15.4 Å². The molecule has 0 spiro atoms. The number of ether oxygens (including phenoxy) is 1. The number of hydrogen-bond acceptors (Lipinski definition) is 5. The molecule has 1 aliphatic heterocycles. The lowest BCUT2D eigenvalue weighted by Crippen LogP contribution is -2.36. The van der Waals surface area contributed by atoms with E-state index in [1.54, 1.807) is 18.2 Å². The first-order chi connectivity index (χ1) is 16.9. The number of halogens is 1. The number of amides is 1. The number of nitrogens with one attached hydrogen (secondary N) is 2. The van der Waals surface area contributed by atoms with E-state index in [0.717, 1.165) is 48.2 Å². The second-order valence-electron chi connectivity index (χ2n) is 9.27. The van der Waals surface area contributed by atoms with Gasteiger partial charge in [0.2, 0.25) is 0 Å². The van der Waals surface area contributed by atoms with Crippen LogP contribution < -0.4 is 15.4 Å². The molecule has 5 rings (SSSR count). The maximum atomic E-state index is 13.0. The van der Waals surface area contributed by atoms with Crippen LogP contribution in [-0.2, 0) is 14.4 Å². The van der Waals surface area contributed by atoms with E-state index in [9.17, 15) is 14.4 Å². The number of anilines is 1. The van der Waals surface area contributed by atoms with E-state index in [0.29, 0.717) is 40.4 Å². The van der Waals surface area contributed by atoms with E-state index < -0.39 is 5.92 Å². The highest BCUT2D eigenvalue weighted by Gasteiger charge is 2.40. The van der Waals surface area contributed by atoms with Crippen LogP contribution in [0.2, 0.25) is 5.02 Å². The largest absolute Gasteiger partial charge is 0.484 e. The predicted octanol–water partition coefficient (Wildman–Crippen LogP) is 5.37. The molecule has 0 atom stereocenters. The summed E-state index contributed by atoms with van der Waals surface area (Å²) in [7, 11) is 0. The van der Waals surface area contributed by atoms with Crippen molar-refractivity contribution in [1.82, 2.24) is 5.32 Å². The normalized spacial score (nSPS) is 18.1. The number of benzene rings is 2. The molecule has 1 heterocycles. The summed E-state index contributed by atoms with van der Waals surface area (Å²) in [6, 6.07) is 12.7. The molecule has 2 aromatic rings. The Morgan fingerprint density at radius 2 is 1.69 bits per heavy atom. The Bertz CT molecular complexity index is 1250. The highest BCUT2D eigenvalue weighted by Crippen LogP contribution is 2.45. The van der Waals surface area contributed by atoms with Gasteiger partial charge in [-0.3, -0.25) is 14.4 Å². The molecule has 35 heavy (non-hydrogen) atoms. The number of dihydropyridines is 1. The van der Waals surface area contributed by atoms with Gasteiger partial charge in [0, 0.05) is 52.0 Å². The quantitative estimate of drug-likeness (QED) is 0.588. The minimum Gasteiger partial charge on any atom is -0.484 e. The topological polar surface area (TPSA) is 84.5 Å². The number of ketones is 2. The molecular formula is C28H27ClN2O4. The van der Waals surface area contributed by atoms with Crippen molar-refractivity contribution in [3.8, 4) is 5.75 Å². The molecule has 2 aromatic carbocycles. The summed E-state index contributed by atoms with van der Waals surface area (Å²) < 4.78 is 5.79. The number of allylic oxidation sites excluding steroid dienone is 4. The van der Waals surface area contributed by atoms with Crippen LogP contribution in [0.4, 0.5) is 5.69 Å². The number of carbonyl (C=O) groups is 3. The van der Waals surface area contributed by atoms with Crippen molar-refractivity contribution in [2.45, 2.75) is 51.4 Å². The first-order valence-corrected chi connectivity index (χ1v) is 12.4. The van der Waals surface area contributed by atoms with Crippen LogP contribution in [0.25, 0.3) is 0 Å². The van der Waals surface area contributed by atoms with Crippen molar-refractivity contribution in [1.29, 1.82) is 0 Å². The zero-order valence-electron chi connectivity index (χ0n) is 19.6. The lowest BCUT2D eigenvalue weighted by atomic mass is 9.71. The third kappa shape index (κ3) is 4.76. The van der Waals surface area contributed by atoms with E-state index in [-0.39, 0.29) is 24.1 Å². The lowest BCUT2D eigenvalue weighted by Gasteiger charge is -2.37. The third-order valence-corrected chi connectivity index (χ3v) is 7.22. The van der Waals surface area contributed by atoms with Crippen molar-refractivity contribution in [3.63, 3.8) is 0 Å². The summed E-state index contributed by atoms with van der Waals surface area (Å²) in [5.74, 6) is -0.00720. The van der Waals surface area contributed by atoms with E-state index in [2.05, 4.69) is 10.6 Å². The first-order valence-electron chi connectivity index (χ1n) is 12.0. The zero-order valence-corrected chi connectivity index (χ0v) is 20.3. The number of rotatable bonds is 5. The Morgan fingerprint density at radius 1 is 1.00 bits per heavy atom. The van der Waals surface area contributed by atoms with Gasteiger partial charge in [0.1, 0.15) is 5.75 Å². The molecule has 0 aromatic heterocycles. The second kappa shape index (κ2) is 9.70. The molecule has 180 valence electrons. The molecule has 3 aliphatic rings. The predicted molar refractivity (Wildman–Crippen MR) is 134 cm³/mol. The standard InChI is InChI=1S/C28H27ClN2O4/c1-16-11-12-18(14-20(16)29)30-25(34)15-35-19-6-2-5-17(13-19)26-27-21(7-3-9-23(27)32)31-22-8-4-10-24(33)28(22)26/h2,5-6,11-14,26,31H,3-4,7-10,15H2,1H3,(H,30,34). The van der Waals surface area contributed by atoms with Crippen molar-refractivity contribution < 1.29 is 19.1 Å². The first kappa shape index (κ1) is 23.4. The molecule has 0 saturated carbocycles. The maximum absolute atomic E-state index is 13.0. The summed E-state index contributed by atoms with van der Waals surface area (Å²) in [6.07, 6.45) is 4.24.